The van der Waals surface area contributed by atoms with Crippen LogP contribution in [0.5, 0.6) is 11.5 Å². The number of hydrogen-bond donors (Lipinski definition) is 1. The molecule has 1 fully saturated rings. The van der Waals surface area contributed by atoms with Gasteiger partial charge in [-0.1, -0.05) is 11.6 Å². The SMILES string of the molecule is COCCNCC1CC1c1cc(Cl)c2c(c1)OCO2. The summed E-state index contributed by atoms with van der Waals surface area (Å²) in [5.74, 6) is 2.73. The number of rotatable bonds is 6. The van der Waals surface area contributed by atoms with Gasteiger partial charge in [0.05, 0.1) is 11.6 Å². The monoisotopic (exact) mass is 283 g/mol. The molecule has 1 saturated carbocycles. The average Bonchev–Trinajstić information content (AvgIpc) is 3.01. The molecule has 2 aliphatic rings. The molecular weight excluding hydrogens is 266 g/mol. The van der Waals surface area contributed by atoms with Crippen LogP contribution in [0.15, 0.2) is 12.1 Å². The molecule has 2 atom stereocenters. The van der Waals surface area contributed by atoms with Crippen molar-refractivity contribution in [1.29, 1.82) is 0 Å². The van der Waals surface area contributed by atoms with E-state index in [0.29, 0.717) is 22.6 Å². The van der Waals surface area contributed by atoms with Gasteiger partial charge in [0, 0.05) is 13.7 Å². The second kappa shape index (κ2) is 5.57. The number of fused-ring (bicyclic) bond motifs is 1. The Morgan fingerprint density at radius 2 is 2.32 bits per heavy atom. The van der Waals surface area contributed by atoms with Gasteiger partial charge >= 0.3 is 0 Å². The molecule has 2 unspecified atom stereocenters. The molecule has 104 valence electrons. The van der Waals surface area contributed by atoms with Gasteiger partial charge in [0.25, 0.3) is 0 Å². The highest BCUT2D eigenvalue weighted by molar-refractivity contribution is 6.32. The zero-order valence-electron chi connectivity index (χ0n) is 10.9. The molecule has 0 aromatic heterocycles. The number of halogens is 1. The molecule has 0 bridgehead atoms. The van der Waals surface area contributed by atoms with E-state index >= 15 is 0 Å². The van der Waals surface area contributed by atoms with E-state index in [-0.39, 0.29) is 6.79 Å². The first-order valence-electron chi connectivity index (χ1n) is 6.58. The van der Waals surface area contributed by atoms with Gasteiger partial charge in [-0.2, -0.15) is 0 Å². The van der Waals surface area contributed by atoms with Gasteiger partial charge in [0.1, 0.15) is 0 Å². The average molecular weight is 284 g/mol. The van der Waals surface area contributed by atoms with E-state index in [4.69, 9.17) is 25.8 Å². The van der Waals surface area contributed by atoms with Crippen LogP contribution in [-0.4, -0.2) is 33.6 Å². The van der Waals surface area contributed by atoms with E-state index < -0.39 is 0 Å². The third-order valence-corrected chi connectivity index (χ3v) is 3.97. The van der Waals surface area contributed by atoms with Gasteiger partial charge in [-0.3, -0.25) is 0 Å². The summed E-state index contributed by atoms with van der Waals surface area (Å²) in [7, 11) is 1.72. The first-order chi connectivity index (χ1) is 9.29. The summed E-state index contributed by atoms with van der Waals surface area (Å²) in [5, 5.41) is 4.06. The molecule has 3 rings (SSSR count). The standard InChI is InChI=1S/C14H18ClNO3/c1-17-3-2-16-7-10-4-11(10)9-5-12(15)14-13(6-9)18-8-19-14/h5-6,10-11,16H,2-4,7-8H2,1H3. The van der Waals surface area contributed by atoms with E-state index in [0.717, 1.165) is 25.4 Å². The lowest BCUT2D eigenvalue weighted by Crippen LogP contribution is -2.21. The van der Waals surface area contributed by atoms with Gasteiger partial charge < -0.3 is 19.5 Å². The van der Waals surface area contributed by atoms with Gasteiger partial charge in [-0.15, -0.1) is 0 Å². The van der Waals surface area contributed by atoms with Crippen LogP contribution in [0.1, 0.15) is 17.9 Å². The summed E-state index contributed by atoms with van der Waals surface area (Å²) in [6, 6.07) is 4.07. The minimum Gasteiger partial charge on any atom is -0.454 e. The van der Waals surface area contributed by atoms with Crippen LogP contribution in [0, 0.1) is 5.92 Å². The van der Waals surface area contributed by atoms with Crippen molar-refractivity contribution in [2.45, 2.75) is 12.3 Å². The third kappa shape index (κ3) is 2.81. The van der Waals surface area contributed by atoms with E-state index in [2.05, 4.69) is 11.4 Å². The predicted molar refractivity (Wildman–Crippen MR) is 73.2 cm³/mol. The van der Waals surface area contributed by atoms with Crippen molar-refractivity contribution >= 4 is 11.6 Å². The first-order valence-corrected chi connectivity index (χ1v) is 6.96. The number of ether oxygens (including phenoxy) is 3. The topological polar surface area (TPSA) is 39.7 Å². The van der Waals surface area contributed by atoms with E-state index in [9.17, 15) is 0 Å². The second-order valence-corrected chi connectivity index (χ2v) is 5.44. The largest absolute Gasteiger partial charge is 0.454 e. The molecule has 19 heavy (non-hydrogen) atoms. The third-order valence-electron chi connectivity index (χ3n) is 3.69. The van der Waals surface area contributed by atoms with E-state index in [1.54, 1.807) is 7.11 Å². The highest BCUT2D eigenvalue weighted by atomic mass is 35.5. The van der Waals surface area contributed by atoms with Crippen molar-refractivity contribution in [2.75, 3.05) is 33.6 Å². The summed E-state index contributed by atoms with van der Waals surface area (Å²) in [6.45, 7) is 2.96. The summed E-state index contributed by atoms with van der Waals surface area (Å²) >= 11 is 6.20. The van der Waals surface area contributed by atoms with Crippen LogP contribution in [0.25, 0.3) is 0 Å². The predicted octanol–water partition coefficient (Wildman–Crippen LogP) is 2.41. The normalized spacial score (nSPS) is 23.7. The molecule has 4 nitrogen and oxygen atoms in total. The van der Waals surface area contributed by atoms with Crippen molar-refractivity contribution in [2.24, 2.45) is 5.92 Å². The molecule has 0 saturated heterocycles. The maximum Gasteiger partial charge on any atom is 0.231 e. The van der Waals surface area contributed by atoms with Crippen molar-refractivity contribution in [3.8, 4) is 11.5 Å². The molecule has 0 radical (unpaired) electrons. The lowest BCUT2D eigenvalue weighted by molar-refractivity contribution is 0.174. The van der Waals surface area contributed by atoms with Crippen LogP contribution in [0.3, 0.4) is 0 Å². The minimum atomic E-state index is 0.269. The fourth-order valence-electron chi connectivity index (χ4n) is 2.54. The Morgan fingerprint density at radius 3 is 3.16 bits per heavy atom. The van der Waals surface area contributed by atoms with Crippen LogP contribution in [0.4, 0.5) is 0 Å². The lowest BCUT2D eigenvalue weighted by Gasteiger charge is -2.06. The number of benzene rings is 1. The molecule has 1 aliphatic carbocycles. The molecule has 0 spiro atoms. The Kier molecular flexibility index (Phi) is 3.82. The Hall–Kier alpha value is -0.970. The Balaban J connectivity index is 1.58. The zero-order valence-corrected chi connectivity index (χ0v) is 11.7. The van der Waals surface area contributed by atoms with Crippen molar-refractivity contribution in [3.05, 3.63) is 22.7 Å². The fourth-order valence-corrected chi connectivity index (χ4v) is 2.82. The lowest BCUT2D eigenvalue weighted by atomic mass is 10.1. The summed E-state index contributed by atoms with van der Waals surface area (Å²) in [5.41, 5.74) is 1.26. The van der Waals surface area contributed by atoms with Crippen LogP contribution < -0.4 is 14.8 Å². The summed E-state index contributed by atoms with van der Waals surface area (Å²) in [4.78, 5) is 0. The molecular formula is C14H18ClNO3. The van der Waals surface area contributed by atoms with Gasteiger partial charge in [-0.25, -0.2) is 0 Å². The van der Waals surface area contributed by atoms with E-state index in [1.807, 2.05) is 6.07 Å². The maximum absolute atomic E-state index is 6.20. The van der Waals surface area contributed by atoms with Gasteiger partial charge in [0.15, 0.2) is 11.5 Å². The van der Waals surface area contributed by atoms with Crippen LogP contribution in [-0.2, 0) is 4.74 Å². The smallest absolute Gasteiger partial charge is 0.231 e. The minimum absolute atomic E-state index is 0.269. The summed E-state index contributed by atoms with van der Waals surface area (Å²) < 4.78 is 15.7. The number of hydrogen-bond acceptors (Lipinski definition) is 4. The van der Waals surface area contributed by atoms with Crippen molar-refractivity contribution < 1.29 is 14.2 Å². The van der Waals surface area contributed by atoms with Crippen molar-refractivity contribution in [1.82, 2.24) is 5.32 Å². The van der Waals surface area contributed by atoms with Crippen LogP contribution >= 0.6 is 11.6 Å². The molecule has 1 N–H and O–H groups in total. The number of methoxy groups -OCH3 is 1. The highest BCUT2D eigenvalue weighted by Gasteiger charge is 2.38. The maximum atomic E-state index is 6.20. The van der Waals surface area contributed by atoms with Gasteiger partial charge in [-0.05, 0) is 42.5 Å². The first kappa shape index (κ1) is 13.0. The zero-order chi connectivity index (χ0) is 13.2. The number of nitrogens with one attached hydrogen (secondary N) is 1. The van der Waals surface area contributed by atoms with Gasteiger partial charge in [0.2, 0.25) is 6.79 Å². The molecule has 5 heteroatoms. The molecule has 1 heterocycles. The van der Waals surface area contributed by atoms with E-state index in [1.165, 1.54) is 12.0 Å². The summed E-state index contributed by atoms with van der Waals surface area (Å²) in [6.07, 6.45) is 1.20. The fraction of sp³-hybridized carbons (Fsp3) is 0.571. The Morgan fingerprint density at radius 1 is 1.42 bits per heavy atom. The molecule has 1 aromatic carbocycles. The highest BCUT2D eigenvalue weighted by Crippen LogP contribution is 2.51. The van der Waals surface area contributed by atoms with Crippen LogP contribution in [0.2, 0.25) is 5.02 Å². The second-order valence-electron chi connectivity index (χ2n) is 5.04. The Bertz CT molecular complexity index is 466. The molecule has 1 aliphatic heterocycles. The molecule has 1 aromatic rings. The van der Waals surface area contributed by atoms with Crippen molar-refractivity contribution in [3.63, 3.8) is 0 Å². The molecule has 0 amide bonds. The Labute approximate surface area is 118 Å². The quantitative estimate of drug-likeness (QED) is 0.814.